The van der Waals surface area contributed by atoms with Crippen LogP contribution in [0.4, 0.5) is 0 Å². The number of esters is 1. The number of carbonyl (C=O) groups is 1. The number of hydrogen-bond donors (Lipinski definition) is 1. The molecule has 1 fully saturated rings. The van der Waals surface area contributed by atoms with Crippen molar-refractivity contribution < 1.29 is 14.3 Å². The van der Waals surface area contributed by atoms with Gasteiger partial charge in [0, 0.05) is 19.1 Å². The average molecular weight is 286 g/mol. The Bertz CT molecular complexity index is 314. The molecule has 5 heteroatoms. The topological polar surface area (TPSA) is 50.8 Å². The van der Waals surface area contributed by atoms with Crippen LogP contribution in [-0.4, -0.2) is 61.4 Å². The van der Waals surface area contributed by atoms with Crippen LogP contribution in [0.15, 0.2) is 0 Å². The van der Waals surface area contributed by atoms with Gasteiger partial charge in [0.1, 0.15) is 5.54 Å². The molecule has 0 aliphatic carbocycles. The summed E-state index contributed by atoms with van der Waals surface area (Å²) in [6.45, 7) is 12.3. The molecular weight excluding hydrogens is 256 g/mol. The fourth-order valence-corrected chi connectivity index (χ4v) is 2.88. The predicted molar refractivity (Wildman–Crippen MR) is 79.8 cm³/mol. The quantitative estimate of drug-likeness (QED) is 0.748. The molecule has 1 rings (SSSR count). The van der Waals surface area contributed by atoms with E-state index in [-0.39, 0.29) is 18.2 Å². The van der Waals surface area contributed by atoms with Crippen molar-refractivity contribution >= 4 is 5.97 Å². The third-order valence-electron chi connectivity index (χ3n) is 4.05. The van der Waals surface area contributed by atoms with Gasteiger partial charge in [-0.3, -0.25) is 9.69 Å². The van der Waals surface area contributed by atoms with Crippen LogP contribution in [0.5, 0.6) is 0 Å². The number of nitrogens with one attached hydrogen (secondary N) is 1. The normalized spacial score (nSPS) is 28.7. The zero-order valence-electron chi connectivity index (χ0n) is 13.7. The van der Waals surface area contributed by atoms with Gasteiger partial charge in [0.05, 0.1) is 18.8 Å². The van der Waals surface area contributed by atoms with E-state index in [0.29, 0.717) is 12.6 Å². The minimum Gasteiger partial charge on any atom is -0.465 e. The fraction of sp³-hybridized carbons (Fsp3) is 0.933. The van der Waals surface area contributed by atoms with Gasteiger partial charge in [-0.05, 0) is 48.1 Å². The molecule has 118 valence electrons. The van der Waals surface area contributed by atoms with Crippen LogP contribution in [0.25, 0.3) is 0 Å². The zero-order chi connectivity index (χ0) is 15.3. The van der Waals surface area contributed by atoms with Crippen molar-refractivity contribution in [3.63, 3.8) is 0 Å². The van der Waals surface area contributed by atoms with E-state index in [1.807, 2.05) is 20.9 Å². The van der Waals surface area contributed by atoms with E-state index in [4.69, 9.17) is 9.47 Å². The summed E-state index contributed by atoms with van der Waals surface area (Å²) in [5.41, 5.74) is -0.639. The number of nitrogens with zero attached hydrogens (tertiary/aromatic N) is 1. The number of rotatable bonds is 6. The predicted octanol–water partition coefficient (Wildman–Crippen LogP) is 1.42. The zero-order valence-corrected chi connectivity index (χ0v) is 13.7. The van der Waals surface area contributed by atoms with E-state index in [9.17, 15) is 4.79 Å². The second-order valence-electron chi connectivity index (χ2n) is 6.07. The van der Waals surface area contributed by atoms with Crippen LogP contribution in [0.2, 0.25) is 0 Å². The molecule has 0 amide bonds. The Hall–Kier alpha value is -0.650. The number of hydrogen-bond acceptors (Lipinski definition) is 5. The highest BCUT2D eigenvalue weighted by Gasteiger charge is 2.37. The van der Waals surface area contributed by atoms with E-state index in [1.54, 1.807) is 0 Å². The number of morpholine rings is 1. The SMILES string of the molecule is CCOC(=O)C(C)(CC(C)N1C[C@@H](C)O[C@@H](C)C1)NC. The van der Waals surface area contributed by atoms with Gasteiger partial charge < -0.3 is 14.8 Å². The summed E-state index contributed by atoms with van der Waals surface area (Å²) in [4.78, 5) is 14.5. The molecule has 5 nitrogen and oxygen atoms in total. The first-order valence-electron chi connectivity index (χ1n) is 7.58. The maximum atomic E-state index is 12.1. The van der Waals surface area contributed by atoms with E-state index in [2.05, 4.69) is 31.0 Å². The molecule has 20 heavy (non-hydrogen) atoms. The second-order valence-corrected chi connectivity index (χ2v) is 6.07. The lowest BCUT2D eigenvalue weighted by Gasteiger charge is -2.41. The van der Waals surface area contributed by atoms with Crippen molar-refractivity contribution in [3.05, 3.63) is 0 Å². The Balaban J connectivity index is 2.66. The van der Waals surface area contributed by atoms with Crippen LogP contribution in [0, 0.1) is 0 Å². The third-order valence-corrected chi connectivity index (χ3v) is 4.05. The molecule has 1 heterocycles. The van der Waals surface area contributed by atoms with Crippen molar-refractivity contribution in [2.45, 2.75) is 64.8 Å². The molecule has 0 spiro atoms. The van der Waals surface area contributed by atoms with Gasteiger partial charge in [-0.25, -0.2) is 0 Å². The van der Waals surface area contributed by atoms with E-state index >= 15 is 0 Å². The van der Waals surface area contributed by atoms with Crippen LogP contribution >= 0.6 is 0 Å². The lowest BCUT2D eigenvalue weighted by atomic mass is 9.92. The molecule has 2 unspecified atom stereocenters. The smallest absolute Gasteiger partial charge is 0.326 e. The molecular formula is C15H30N2O3. The van der Waals surface area contributed by atoms with E-state index in [0.717, 1.165) is 19.5 Å². The lowest BCUT2D eigenvalue weighted by molar-refractivity contribution is -0.151. The molecule has 0 aromatic rings. The third kappa shape index (κ3) is 4.43. The van der Waals surface area contributed by atoms with Crippen LogP contribution < -0.4 is 5.32 Å². The average Bonchev–Trinajstić information content (AvgIpc) is 2.37. The highest BCUT2D eigenvalue weighted by atomic mass is 16.5. The Labute approximate surface area is 123 Å². The largest absolute Gasteiger partial charge is 0.465 e. The van der Waals surface area contributed by atoms with E-state index < -0.39 is 5.54 Å². The molecule has 0 saturated carbocycles. The standard InChI is InChI=1S/C15H30N2O3/c1-7-19-14(18)15(5,16-6)8-11(2)17-9-12(3)20-13(4)10-17/h11-13,16H,7-10H2,1-6H3/t11?,12-,13+,15?. The van der Waals surface area contributed by atoms with Crippen molar-refractivity contribution in [2.75, 3.05) is 26.7 Å². The summed E-state index contributed by atoms with van der Waals surface area (Å²) in [5, 5.41) is 3.12. The summed E-state index contributed by atoms with van der Waals surface area (Å²) in [6.07, 6.45) is 1.20. The van der Waals surface area contributed by atoms with Gasteiger partial charge in [-0.2, -0.15) is 0 Å². The minimum atomic E-state index is -0.639. The highest BCUT2D eigenvalue weighted by molar-refractivity contribution is 5.80. The monoisotopic (exact) mass is 286 g/mol. The lowest BCUT2D eigenvalue weighted by Crippen LogP contribution is -2.56. The molecule has 0 bridgehead atoms. The Kier molecular flexibility index (Phi) is 6.43. The summed E-state index contributed by atoms with van der Waals surface area (Å²) < 4.78 is 10.9. The van der Waals surface area contributed by atoms with Gasteiger partial charge in [-0.15, -0.1) is 0 Å². The van der Waals surface area contributed by atoms with Gasteiger partial charge in [0.2, 0.25) is 0 Å². The Morgan fingerprint density at radius 2 is 2.00 bits per heavy atom. The first-order valence-corrected chi connectivity index (χ1v) is 7.58. The maximum absolute atomic E-state index is 12.1. The Morgan fingerprint density at radius 1 is 1.45 bits per heavy atom. The molecule has 1 aliphatic heterocycles. The van der Waals surface area contributed by atoms with Gasteiger partial charge in [0.25, 0.3) is 0 Å². The summed E-state index contributed by atoms with van der Waals surface area (Å²) in [6, 6.07) is 0.297. The van der Waals surface area contributed by atoms with Gasteiger partial charge in [-0.1, -0.05) is 0 Å². The number of ether oxygens (including phenoxy) is 2. The van der Waals surface area contributed by atoms with Gasteiger partial charge >= 0.3 is 5.97 Å². The highest BCUT2D eigenvalue weighted by Crippen LogP contribution is 2.21. The van der Waals surface area contributed by atoms with Crippen LogP contribution in [0.1, 0.15) is 41.0 Å². The second kappa shape index (κ2) is 7.38. The molecule has 0 aromatic heterocycles. The molecule has 0 radical (unpaired) electrons. The Morgan fingerprint density at radius 3 is 2.45 bits per heavy atom. The first kappa shape index (κ1) is 17.4. The fourth-order valence-electron chi connectivity index (χ4n) is 2.88. The van der Waals surface area contributed by atoms with Crippen molar-refractivity contribution in [2.24, 2.45) is 0 Å². The van der Waals surface area contributed by atoms with Crippen molar-refractivity contribution in [3.8, 4) is 0 Å². The first-order chi connectivity index (χ1) is 9.32. The van der Waals surface area contributed by atoms with Crippen molar-refractivity contribution in [1.82, 2.24) is 10.2 Å². The summed E-state index contributed by atoms with van der Waals surface area (Å²) in [5.74, 6) is -0.177. The maximum Gasteiger partial charge on any atom is 0.326 e. The van der Waals surface area contributed by atoms with Gasteiger partial charge in [0.15, 0.2) is 0 Å². The minimum absolute atomic E-state index is 0.177. The van der Waals surface area contributed by atoms with Crippen molar-refractivity contribution in [1.29, 1.82) is 0 Å². The number of likely N-dealkylation sites (N-methyl/N-ethyl adjacent to an activating group) is 1. The molecule has 4 atom stereocenters. The summed E-state index contributed by atoms with van der Waals surface area (Å²) >= 11 is 0. The molecule has 1 N–H and O–H groups in total. The molecule has 1 saturated heterocycles. The molecule has 1 aliphatic rings. The van der Waals surface area contributed by atoms with E-state index in [1.165, 1.54) is 0 Å². The van der Waals surface area contributed by atoms with Crippen LogP contribution in [0.3, 0.4) is 0 Å². The molecule has 0 aromatic carbocycles. The van der Waals surface area contributed by atoms with Crippen LogP contribution in [-0.2, 0) is 14.3 Å². The summed E-state index contributed by atoms with van der Waals surface area (Å²) in [7, 11) is 1.81. The number of carbonyl (C=O) groups excluding carboxylic acids is 1.